The van der Waals surface area contributed by atoms with Crippen LogP contribution in [0, 0.1) is 17.2 Å². The van der Waals surface area contributed by atoms with Crippen LogP contribution in [-0.4, -0.2) is 13.1 Å². The molecule has 0 N–H and O–H groups in total. The molecule has 5 heteroatoms. The molecule has 0 aliphatic carbocycles. The molecule has 1 saturated heterocycles. The molecule has 1 aromatic rings. The third-order valence-electron chi connectivity index (χ3n) is 3.98. The Kier molecular flexibility index (Phi) is 4.22. The van der Waals surface area contributed by atoms with Crippen LogP contribution in [0.5, 0.6) is 0 Å². The van der Waals surface area contributed by atoms with Gasteiger partial charge in [-0.3, -0.25) is 0 Å². The van der Waals surface area contributed by atoms with Gasteiger partial charge in [0.05, 0.1) is 16.8 Å². The lowest BCUT2D eigenvalue weighted by atomic mass is 9.93. The van der Waals surface area contributed by atoms with Crippen molar-refractivity contribution in [2.75, 3.05) is 18.0 Å². The van der Waals surface area contributed by atoms with E-state index >= 15 is 0 Å². The second-order valence-corrected chi connectivity index (χ2v) is 5.18. The molecule has 20 heavy (non-hydrogen) atoms. The first-order valence-corrected chi connectivity index (χ1v) is 6.82. The number of nitriles is 1. The second-order valence-electron chi connectivity index (χ2n) is 5.18. The van der Waals surface area contributed by atoms with Crippen LogP contribution < -0.4 is 4.90 Å². The fourth-order valence-electron chi connectivity index (χ4n) is 2.65. The molecular formula is C15H17F3N2. The van der Waals surface area contributed by atoms with E-state index in [9.17, 15) is 13.2 Å². The molecule has 2 nitrogen and oxygen atoms in total. The van der Waals surface area contributed by atoms with E-state index in [1.54, 1.807) is 0 Å². The van der Waals surface area contributed by atoms with Gasteiger partial charge >= 0.3 is 6.18 Å². The Morgan fingerprint density at radius 1 is 1.30 bits per heavy atom. The Balaban J connectivity index is 2.28. The zero-order valence-corrected chi connectivity index (χ0v) is 11.4. The lowest BCUT2D eigenvalue weighted by molar-refractivity contribution is -0.137. The van der Waals surface area contributed by atoms with Crippen LogP contribution in [0.2, 0.25) is 0 Å². The fraction of sp³-hybridized carbons (Fsp3) is 0.533. The molecule has 1 aromatic carbocycles. The fourth-order valence-corrected chi connectivity index (χ4v) is 2.65. The molecule has 108 valence electrons. The van der Waals surface area contributed by atoms with Crippen LogP contribution in [0.25, 0.3) is 0 Å². The predicted octanol–water partition coefficient (Wildman–Crippen LogP) is 4.20. The number of halogens is 3. The van der Waals surface area contributed by atoms with Gasteiger partial charge in [0.15, 0.2) is 0 Å². The van der Waals surface area contributed by atoms with E-state index < -0.39 is 11.7 Å². The number of piperidine rings is 1. The molecule has 0 unspecified atom stereocenters. The summed E-state index contributed by atoms with van der Waals surface area (Å²) in [4.78, 5) is 1.90. The SMILES string of the molecule is CCC1CCN(c2cc(C(F)(F)F)ccc2C#N)CC1. The highest BCUT2D eigenvalue weighted by atomic mass is 19.4. The molecule has 1 aliphatic heterocycles. The van der Waals surface area contributed by atoms with Crippen molar-refractivity contribution in [1.29, 1.82) is 5.26 Å². The monoisotopic (exact) mass is 282 g/mol. The third-order valence-corrected chi connectivity index (χ3v) is 3.98. The summed E-state index contributed by atoms with van der Waals surface area (Å²) in [6.45, 7) is 3.56. The number of benzene rings is 1. The average molecular weight is 282 g/mol. The molecule has 0 radical (unpaired) electrons. The van der Waals surface area contributed by atoms with Gasteiger partial charge in [0.25, 0.3) is 0 Å². The molecule has 2 rings (SSSR count). The van der Waals surface area contributed by atoms with Gasteiger partial charge in [0, 0.05) is 13.1 Å². The summed E-state index contributed by atoms with van der Waals surface area (Å²) in [5, 5.41) is 9.08. The van der Waals surface area contributed by atoms with Gasteiger partial charge < -0.3 is 4.90 Å². The molecule has 0 bridgehead atoms. The number of alkyl halides is 3. The second kappa shape index (κ2) is 5.74. The van der Waals surface area contributed by atoms with Crippen molar-refractivity contribution in [1.82, 2.24) is 0 Å². The van der Waals surface area contributed by atoms with Crippen LogP contribution in [-0.2, 0) is 6.18 Å². The quantitative estimate of drug-likeness (QED) is 0.812. The van der Waals surface area contributed by atoms with Gasteiger partial charge in [0.1, 0.15) is 6.07 Å². The summed E-state index contributed by atoms with van der Waals surface area (Å²) >= 11 is 0. The van der Waals surface area contributed by atoms with Gasteiger partial charge in [-0.05, 0) is 37.0 Å². The van der Waals surface area contributed by atoms with Crippen molar-refractivity contribution >= 4 is 5.69 Å². The Morgan fingerprint density at radius 3 is 2.45 bits per heavy atom. The molecule has 0 amide bonds. The van der Waals surface area contributed by atoms with Gasteiger partial charge in [0.2, 0.25) is 0 Å². The Bertz CT molecular complexity index is 509. The van der Waals surface area contributed by atoms with E-state index in [2.05, 4.69) is 6.92 Å². The molecule has 1 aliphatic rings. The highest BCUT2D eigenvalue weighted by Crippen LogP contribution is 2.34. The summed E-state index contributed by atoms with van der Waals surface area (Å²) in [6, 6.07) is 5.33. The van der Waals surface area contributed by atoms with Gasteiger partial charge in [-0.2, -0.15) is 18.4 Å². The van der Waals surface area contributed by atoms with Gasteiger partial charge in [-0.1, -0.05) is 13.3 Å². The molecule has 0 aromatic heterocycles. The van der Waals surface area contributed by atoms with Crippen LogP contribution >= 0.6 is 0 Å². The van der Waals surface area contributed by atoms with Crippen molar-refractivity contribution in [2.45, 2.75) is 32.4 Å². The lowest BCUT2D eigenvalue weighted by Crippen LogP contribution is -2.34. The smallest absolute Gasteiger partial charge is 0.370 e. The Hall–Kier alpha value is -1.70. The summed E-state index contributed by atoms with van der Waals surface area (Å²) in [5.74, 6) is 0.641. The maximum absolute atomic E-state index is 12.8. The van der Waals surface area contributed by atoms with E-state index in [0.29, 0.717) is 30.3 Å². The standard InChI is InChI=1S/C15H17F3N2/c1-2-11-5-7-20(8-6-11)14-9-13(15(16,17)18)4-3-12(14)10-19/h3-4,9,11H,2,5-8H2,1H3. The van der Waals surface area contributed by atoms with Crippen LogP contribution in [0.4, 0.5) is 18.9 Å². The minimum Gasteiger partial charge on any atom is -0.370 e. The Labute approximate surface area is 116 Å². The third kappa shape index (κ3) is 3.06. The number of anilines is 1. The van der Waals surface area contributed by atoms with Crippen molar-refractivity contribution in [2.24, 2.45) is 5.92 Å². The zero-order chi connectivity index (χ0) is 14.8. The van der Waals surface area contributed by atoms with Crippen molar-refractivity contribution in [3.05, 3.63) is 29.3 Å². The minimum atomic E-state index is -4.37. The molecule has 1 fully saturated rings. The number of rotatable bonds is 2. The Morgan fingerprint density at radius 2 is 1.95 bits per heavy atom. The summed E-state index contributed by atoms with van der Waals surface area (Å²) < 4.78 is 38.4. The topological polar surface area (TPSA) is 27.0 Å². The van der Waals surface area contributed by atoms with Crippen LogP contribution in [0.3, 0.4) is 0 Å². The molecule has 1 heterocycles. The van der Waals surface area contributed by atoms with Crippen molar-refractivity contribution in [3.8, 4) is 6.07 Å². The minimum absolute atomic E-state index is 0.313. The first-order chi connectivity index (χ1) is 9.45. The number of hydrogen-bond acceptors (Lipinski definition) is 2. The highest BCUT2D eigenvalue weighted by molar-refractivity contribution is 5.61. The maximum atomic E-state index is 12.8. The van der Waals surface area contributed by atoms with E-state index in [4.69, 9.17) is 5.26 Å². The molecule has 0 spiro atoms. The van der Waals surface area contributed by atoms with Crippen molar-refractivity contribution in [3.63, 3.8) is 0 Å². The normalized spacial score (nSPS) is 17.1. The van der Waals surface area contributed by atoms with Crippen LogP contribution in [0.1, 0.15) is 37.3 Å². The van der Waals surface area contributed by atoms with Crippen LogP contribution in [0.15, 0.2) is 18.2 Å². The molecule has 0 atom stereocenters. The largest absolute Gasteiger partial charge is 0.416 e. The maximum Gasteiger partial charge on any atom is 0.416 e. The lowest BCUT2D eigenvalue weighted by Gasteiger charge is -2.34. The van der Waals surface area contributed by atoms with E-state index in [0.717, 1.165) is 31.4 Å². The van der Waals surface area contributed by atoms with Gasteiger partial charge in [-0.15, -0.1) is 0 Å². The van der Waals surface area contributed by atoms with E-state index in [-0.39, 0.29) is 0 Å². The van der Waals surface area contributed by atoms with E-state index in [1.807, 2.05) is 11.0 Å². The summed E-state index contributed by atoms with van der Waals surface area (Å²) in [5.41, 5.74) is 0.0361. The molecular weight excluding hydrogens is 265 g/mol. The number of hydrogen-bond donors (Lipinski definition) is 0. The zero-order valence-electron chi connectivity index (χ0n) is 11.4. The number of nitrogens with zero attached hydrogens (tertiary/aromatic N) is 2. The van der Waals surface area contributed by atoms with E-state index in [1.165, 1.54) is 6.07 Å². The predicted molar refractivity (Wildman–Crippen MR) is 71.4 cm³/mol. The van der Waals surface area contributed by atoms with Gasteiger partial charge in [-0.25, -0.2) is 0 Å². The van der Waals surface area contributed by atoms with Crippen molar-refractivity contribution < 1.29 is 13.2 Å². The highest BCUT2D eigenvalue weighted by Gasteiger charge is 2.32. The summed E-state index contributed by atoms with van der Waals surface area (Å²) in [6.07, 6.45) is -1.33. The molecule has 0 saturated carbocycles. The first-order valence-electron chi connectivity index (χ1n) is 6.82. The average Bonchev–Trinajstić information content (AvgIpc) is 2.45. The summed E-state index contributed by atoms with van der Waals surface area (Å²) in [7, 11) is 0. The first kappa shape index (κ1) is 14.7.